The predicted molar refractivity (Wildman–Crippen MR) is 99.4 cm³/mol. The van der Waals surface area contributed by atoms with Crippen LogP contribution in [0.5, 0.6) is 5.75 Å². The first-order valence-electron chi connectivity index (χ1n) is 7.82. The van der Waals surface area contributed by atoms with Crippen LogP contribution >= 0.6 is 11.3 Å². The Bertz CT molecular complexity index is 986. The lowest BCUT2D eigenvalue weighted by molar-refractivity contribution is 0.415. The van der Waals surface area contributed by atoms with E-state index in [4.69, 9.17) is 4.74 Å². The molecule has 136 valence electrons. The second-order valence-electron chi connectivity index (χ2n) is 5.48. The summed E-state index contributed by atoms with van der Waals surface area (Å²) in [5.74, 6) is 0.280. The summed E-state index contributed by atoms with van der Waals surface area (Å²) in [6, 6.07) is 12.3. The van der Waals surface area contributed by atoms with Gasteiger partial charge in [0.25, 0.3) is 0 Å². The molecule has 0 atom stereocenters. The lowest BCUT2D eigenvalue weighted by Gasteiger charge is -2.05. The van der Waals surface area contributed by atoms with Crippen molar-refractivity contribution in [3.63, 3.8) is 0 Å². The molecule has 3 aromatic rings. The number of hydrogen-bond acceptors (Lipinski definition) is 5. The molecule has 0 saturated carbocycles. The number of benzene rings is 2. The Morgan fingerprint density at radius 1 is 1.19 bits per heavy atom. The van der Waals surface area contributed by atoms with E-state index < -0.39 is 15.8 Å². The Morgan fingerprint density at radius 2 is 1.96 bits per heavy atom. The zero-order valence-corrected chi connectivity index (χ0v) is 15.6. The number of nitrogens with one attached hydrogen (secondary N) is 1. The van der Waals surface area contributed by atoms with Gasteiger partial charge >= 0.3 is 0 Å². The largest absolute Gasteiger partial charge is 0.497 e. The number of hydrogen-bond donors (Lipinski definition) is 1. The van der Waals surface area contributed by atoms with Gasteiger partial charge in [-0.2, -0.15) is 0 Å². The molecule has 0 aliphatic heterocycles. The van der Waals surface area contributed by atoms with Crippen LogP contribution in [0.15, 0.2) is 58.8 Å². The normalized spacial score (nSPS) is 11.5. The van der Waals surface area contributed by atoms with Crippen LogP contribution in [0, 0.1) is 5.82 Å². The van der Waals surface area contributed by atoms with Crippen molar-refractivity contribution in [3.05, 3.63) is 65.4 Å². The standard InChI is InChI=1S/C18H17FN2O3S2/c1-24-16-4-2-3-13(11-16)18-21-15(12-25-18)9-10-20-26(22,23)17-7-5-14(19)6-8-17/h2-8,11-12,20H,9-10H2,1H3. The van der Waals surface area contributed by atoms with Gasteiger partial charge in [-0.25, -0.2) is 22.5 Å². The molecule has 26 heavy (non-hydrogen) atoms. The summed E-state index contributed by atoms with van der Waals surface area (Å²) in [6.45, 7) is 0.209. The Balaban J connectivity index is 1.62. The van der Waals surface area contributed by atoms with E-state index in [1.54, 1.807) is 7.11 Å². The van der Waals surface area contributed by atoms with E-state index in [9.17, 15) is 12.8 Å². The number of halogens is 1. The lowest BCUT2D eigenvalue weighted by Crippen LogP contribution is -2.26. The number of methoxy groups -OCH3 is 1. The molecular weight excluding hydrogens is 375 g/mol. The molecule has 0 unspecified atom stereocenters. The van der Waals surface area contributed by atoms with Gasteiger partial charge in [0.1, 0.15) is 16.6 Å². The average molecular weight is 392 g/mol. The molecule has 0 aliphatic carbocycles. The van der Waals surface area contributed by atoms with E-state index in [1.807, 2.05) is 29.6 Å². The molecule has 0 fully saturated rings. The minimum atomic E-state index is -3.66. The smallest absolute Gasteiger partial charge is 0.240 e. The summed E-state index contributed by atoms with van der Waals surface area (Å²) in [5.41, 5.74) is 1.75. The van der Waals surface area contributed by atoms with Gasteiger partial charge in [0.15, 0.2) is 0 Å². The van der Waals surface area contributed by atoms with Gasteiger partial charge in [0.05, 0.1) is 17.7 Å². The molecule has 0 saturated heterocycles. The van der Waals surface area contributed by atoms with Crippen molar-refractivity contribution in [2.24, 2.45) is 0 Å². The van der Waals surface area contributed by atoms with Crippen molar-refractivity contribution < 1.29 is 17.5 Å². The highest BCUT2D eigenvalue weighted by Crippen LogP contribution is 2.26. The molecule has 5 nitrogen and oxygen atoms in total. The SMILES string of the molecule is COc1cccc(-c2nc(CCNS(=O)(=O)c3ccc(F)cc3)cs2)c1. The fourth-order valence-electron chi connectivity index (χ4n) is 2.32. The first-order valence-corrected chi connectivity index (χ1v) is 10.2. The van der Waals surface area contributed by atoms with Crippen molar-refractivity contribution >= 4 is 21.4 Å². The van der Waals surface area contributed by atoms with E-state index in [0.29, 0.717) is 6.42 Å². The van der Waals surface area contributed by atoms with Crippen LogP contribution in [0.4, 0.5) is 4.39 Å². The molecule has 1 aromatic heterocycles. The summed E-state index contributed by atoms with van der Waals surface area (Å²) >= 11 is 1.49. The van der Waals surface area contributed by atoms with Crippen molar-refractivity contribution in [3.8, 4) is 16.3 Å². The molecule has 8 heteroatoms. The highest BCUT2D eigenvalue weighted by molar-refractivity contribution is 7.89. The van der Waals surface area contributed by atoms with Crippen molar-refractivity contribution in [1.29, 1.82) is 0 Å². The fraction of sp³-hybridized carbons (Fsp3) is 0.167. The Hall–Kier alpha value is -2.29. The van der Waals surface area contributed by atoms with Crippen LogP contribution in [0.25, 0.3) is 10.6 Å². The maximum absolute atomic E-state index is 12.9. The van der Waals surface area contributed by atoms with Gasteiger partial charge in [-0.15, -0.1) is 11.3 Å². The predicted octanol–water partition coefficient (Wildman–Crippen LogP) is 3.48. The summed E-state index contributed by atoms with van der Waals surface area (Å²) in [7, 11) is -2.05. The number of thiazole rings is 1. The summed E-state index contributed by atoms with van der Waals surface area (Å²) < 4.78 is 45.0. The van der Waals surface area contributed by atoms with Crippen LogP contribution in [-0.2, 0) is 16.4 Å². The van der Waals surface area contributed by atoms with Crippen LogP contribution in [0.1, 0.15) is 5.69 Å². The number of nitrogens with zero attached hydrogens (tertiary/aromatic N) is 1. The second kappa shape index (κ2) is 7.94. The summed E-state index contributed by atoms with van der Waals surface area (Å²) in [6.07, 6.45) is 0.459. The first kappa shape index (κ1) is 18.5. The molecule has 1 N–H and O–H groups in total. The number of rotatable bonds is 7. The zero-order valence-electron chi connectivity index (χ0n) is 14.0. The van der Waals surface area contributed by atoms with Crippen LogP contribution in [0.2, 0.25) is 0 Å². The van der Waals surface area contributed by atoms with Crippen molar-refractivity contribution in [2.75, 3.05) is 13.7 Å². The third kappa shape index (κ3) is 4.46. The van der Waals surface area contributed by atoms with Crippen molar-refractivity contribution in [1.82, 2.24) is 9.71 Å². The second-order valence-corrected chi connectivity index (χ2v) is 8.10. The maximum Gasteiger partial charge on any atom is 0.240 e. The molecular formula is C18H17FN2O3S2. The van der Waals surface area contributed by atoms with Gasteiger partial charge in [0.2, 0.25) is 10.0 Å². The lowest BCUT2D eigenvalue weighted by atomic mass is 10.2. The average Bonchev–Trinajstić information content (AvgIpc) is 3.11. The van der Waals surface area contributed by atoms with Gasteiger partial charge in [-0.05, 0) is 36.4 Å². The molecule has 0 amide bonds. The van der Waals surface area contributed by atoms with Crippen LogP contribution in [-0.4, -0.2) is 27.1 Å². The van der Waals surface area contributed by atoms with Gasteiger partial charge in [0, 0.05) is 23.9 Å². The van der Waals surface area contributed by atoms with Gasteiger partial charge in [-0.1, -0.05) is 12.1 Å². The molecule has 0 radical (unpaired) electrons. The first-order chi connectivity index (χ1) is 12.5. The third-order valence-corrected chi connectivity index (χ3v) is 6.08. The molecule has 0 spiro atoms. The van der Waals surface area contributed by atoms with E-state index in [1.165, 1.54) is 23.5 Å². The maximum atomic E-state index is 12.9. The van der Waals surface area contributed by atoms with Gasteiger partial charge in [-0.3, -0.25) is 0 Å². The van der Waals surface area contributed by atoms with Crippen molar-refractivity contribution in [2.45, 2.75) is 11.3 Å². The fourth-order valence-corrected chi connectivity index (χ4v) is 4.20. The molecule has 0 bridgehead atoms. The topological polar surface area (TPSA) is 68.3 Å². The van der Waals surface area contributed by atoms with Gasteiger partial charge < -0.3 is 4.74 Å². The molecule has 1 heterocycles. The summed E-state index contributed by atoms with van der Waals surface area (Å²) in [5, 5.41) is 2.75. The Labute approximate surface area is 155 Å². The van der Waals surface area contributed by atoms with Crippen LogP contribution in [0.3, 0.4) is 0 Å². The minimum absolute atomic E-state index is 0.0363. The highest BCUT2D eigenvalue weighted by Gasteiger charge is 2.14. The number of aromatic nitrogens is 1. The zero-order chi connectivity index (χ0) is 18.6. The summed E-state index contributed by atoms with van der Waals surface area (Å²) in [4.78, 5) is 4.57. The molecule has 3 rings (SSSR count). The Kier molecular flexibility index (Phi) is 5.65. The number of ether oxygens (including phenoxy) is 1. The quantitative estimate of drug-likeness (QED) is 0.668. The molecule has 0 aliphatic rings. The highest BCUT2D eigenvalue weighted by atomic mass is 32.2. The van der Waals surface area contributed by atoms with E-state index in [-0.39, 0.29) is 11.4 Å². The van der Waals surface area contributed by atoms with E-state index >= 15 is 0 Å². The third-order valence-electron chi connectivity index (χ3n) is 3.67. The monoisotopic (exact) mass is 392 g/mol. The van der Waals surface area contributed by atoms with Crippen LogP contribution < -0.4 is 9.46 Å². The molecule has 2 aromatic carbocycles. The minimum Gasteiger partial charge on any atom is -0.497 e. The number of sulfonamides is 1. The van der Waals surface area contributed by atoms with E-state index in [0.717, 1.165) is 34.1 Å². The Morgan fingerprint density at radius 3 is 2.69 bits per heavy atom. The van der Waals surface area contributed by atoms with E-state index in [2.05, 4.69) is 9.71 Å².